The van der Waals surface area contributed by atoms with Crippen LogP contribution in [0.5, 0.6) is 0 Å². The highest BCUT2D eigenvalue weighted by Gasteiger charge is 2.35. The van der Waals surface area contributed by atoms with E-state index in [1.165, 1.54) is 12.8 Å². The average molecular weight is 259 g/mol. The summed E-state index contributed by atoms with van der Waals surface area (Å²) in [5.41, 5.74) is 0.897. The summed E-state index contributed by atoms with van der Waals surface area (Å²) in [7, 11) is 0. The van der Waals surface area contributed by atoms with Gasteiger partial charge in [0.1, 0.15) is 0 Å². The first-order valence-corrected chi connectivity index (χ1v) is 7.41. The number of aromatic nitrogens is 2. The largest absolute Gasteiger partial charge is 0.297 e. The van der Waals surface area contributed by atoms with Gasteiger partial charge in [-0.05, 0) is 31.6 Å². The second-order valence-corrected chi connectivity index (χ2v) is 6.45. The summed E-state index contributed by atoms with van der Waals surface area (Å²) in [5.74, 6) is 0.775. The fourth-order valence-electron chi connectivity index (χ4n) is 2.85. The van der Waals surface area contributed by atoms with Crippen LogP contribution in [0.3, 0.4) is 0 Å². The maximum Gasteiger partial charge on any atom is 0.193 e. The van der Waals surface area contributed by atoms with E-state index in [0.717, 1.165) is 35.8 Å². The normalized spacial score (nSPS) is 28.3. The van der Waals surface area contributed by atoms with Crippen molar-refractivity contribution in [1.29, 1.82) is 5.26 Å². The molecular weight excluding hydrogens is 242 g/mol. The molecule has 2 aromatic rings. The zero-order chi connectivity index (χ0) is 12.6. The summed E-state index contributed by atoms with van der Waals surface area (Å²) < 4.78 is 2.05. The molecule has 0 radical (unpaired) electrons. The monoisotopic (exact) mass is 259 g/mol. The Bertz CT molecular complexity index is 553. The van der Waals surface area contributed by atoms with E-state index in [2.05, 4.69) is 28.6 Å². The third-order valence-corrected chi connectivity index (χ3v) is 4.90. The molecule has 1 aliphatic rings. The Kier molecular flexibility index (Phi) is 2.87. The van der Waals surface area contributed by atoms with Crippen LogP contribution in [-0.2, 0) is 6.42 Å². The molecule has 0 N–H and O–H groups in total. The first-order chi connectivity index (χ1) is 8.71. The number of imidazole rings is 1. The molecule has 0 atom stereocenters. The van der Waals surface area contributed by atoms with Gasteiger partial charge >= 0.3 is 0 Å². The quantitative estimate of drug-likeness (QED) is 0.826. The van der Waals surface area contributed by atoms with Crippen LogP contribution >= 0.6 is 11.3 Å². The van der Waals surface area contributed by atoms with Crippen LogP contribution in [-0.4, -0.2) is 9.38 Å². The van der Waals surface area contributed by atoms with Crippen LogP contribution < -0.4 is 0 Å². The van der Waals surface area contributed by atoms with Gasteiger partial charge in [0.15, 0.2) is 4.96 Å². The Labute approximate surface area is 111 Å². The molecule has 0 saturated heterocycles. The first kappa shape index (κ1) is 11.7. The van der Waals surface area contributed by atoms with Crippen molar-refractivity contribution in [1.82, 2.24) is 9.38 Å². The summed E-state index contributed by atoms with van der Waals surface area (Å²) >= 11 is 1.65. The van der Waals surface area contributed by atoms with Crippen molar-refractivity contribution in [3.63, 3.8) is 0 Å². The highest BCUT2D eigenvalue weighted by Crippen LogP contribution is 2.40. The lowest BCUT2D eigenvalue weighted by Crippen LogP contribution is -2.27. The van der Waals surface area contributed by atoms with Gasteiger partial charge < -0.3 is 0 Å². The van der Waals surface area contributed by atoms with Gasteiger partial charge in [0.2, 0.25) is 0 Å². The molecule has 0 aromatic carbocycles. The van der Waals surface area contributed by atoms with Crippen molar-refractivity contribution in [2.45, 2.75) is 39.0 Å². The van der Waals surface area contributed by atoms with Crippen molar-refractivity contribution >= 4 is 16.3 Å². The molecule has 0 spiro atoms. The van der Waals surface area contributed by atoms with E-state index >= 15 is 0 Å². The number of thiazole rings is 1. The molecule has 1 aliphatic carbocycles. The van der Waals surface area contributed by atoms with E-state index in [0.29, 0.717) is 0 Å². The van der Waals surface area contributed by atoms with Crippen molar-refractivity contribution in [3.05, 3.63) is 23.5 Å². The van der Waals surface area contributed by atoms with Crippen molar-refractivity contribution in [2.24, 2.45) is 11.3 Å². The van der Waals surface area contributed by atoms with Crippen LogP contribution in [0.4, 0.5) is 0 Å². The van der Waals surface area contributed by atoms with Gasteiger partial charge in [0, 0.05) is 24.2 Å². The van der Waals surface area contributed by atoms with Gasteiger partial charge in [-0.3, -0.25) is 4.40 Å². The molecule has 3 rings (SSSR count). The van der Waals surface area contributed by atoms with Gasteiger partial charge in [-0.15, -0.1) is 11.3 Å². The fourth-order valence-corrected chi connectivity index (χ4v) is 3.57. The molecule has 18 heavy (non-hydrogen) atoms. The predicted molar refractivity (Wildman–Crippen MR) is 72.5 cm³/mol. The number of hydrogen-bond donors (Lipinski definition) is 0. The Morgan fingerprint density at radius 2 is 2.33 bits per heavy atom. The van der Waals surface area contributed by atoms with E-state index in [4.69, 9.17) is 0 Å². The molecule has 1 fully saturated rings. The third kappa shape index (κ3) is 2.04. The number of hydrogen-bond acceptors (Lipinski definition) is 3. The lowest BCUT2D eigenvalue weighted by molar-refractivity contribution is 0.217. The Hall–Kier alpha value is -1.34. The van der Waals surface area contributed by atoms with Crippen LogP contribution in [0.2, 0.25) is 0 Å². The second-order valence-electron chi connectivity index (χ2n) is 5.58. The minimum absolute atomic E-state index is 0.170. The van der Waals surface area contributed by atoms with Crippen LogP contribution in [0.25, 0.3) is 4.96 Å². The van der Waals surface area contributed by atoms with Gasteiger partial charge in [0.25, 0.3) is 0 Å². The zero-order valence-electron chi connectivity index (χ0n) is 10.6. The first-order valence-electron chi connectivity index (χ1n) is 6.53. The lowest BCUT2D eigenvalue weighted by Gasteiger charge is -2.33. The van der Waals surface area contributed by atoms with Crippen LogP contribution in [0.15, 0.2) is 17.8 Å². The van der Waals surface area contributed by atoms with Crippen LogP contribution in [0.1, 0.15) is 38.3 Å². The highest BCUT2D eigenvalue weighted by atomic mass is 32.1. The predicted octanol–water partition coefficient (Wildman–Crippen LogP) is 3.66. The van der Waals surface area contributed by atoms with Gasteiger partial charge in [-0.2, -0.15) is 5.26 Å². The standard InChI is InChI=1S/C14H17N3S/c1-11-2-4-14(10-15,5-3-11)8-12-9-17-6-7-18-13(17)16-12/h6-7,9,11H,2-5,8H2,1H3. The maximum absolute atomic E-state index is 9.53. The van der Waals surface area contributed by atoms with Gasteiger partial charge in [-0.25, -0.2) is 4.98 Å². The topological polar surface area (TPSA) is 41.1 Å². The molecular formula is C14H17N3S. The number of rotatable bonds is 2. The average Bonchev–Trinajstić information content (AvgIpc) is 2.93. The molecule has 94 valence electrons. The third-order valence-electron chi connectivity index (χ3n) is 4.13. The minimum atomic E-state index is -0.170. The van der Waals surface area contributed by atoms with Crippen molar-refractivity contribution in [3.8, 4) is 6.07 Å². The highest BCUT2D eigenvalue weighted by molar-refractivity contribution is 7.15. The van der Waals surface area contributed by atoms with E-state index < -0.39 is 0 Å². The van der Waals surface area contributed by atoms with E-state index in [1.54, 1.807) is 11.3 Å². The molecule has 4 heteroatoms. The molecule has 0 unspecified atom stereocenters. The maximum atomic E-state index is 9.53. The smallest absolute Gasteiger partial charge is 0.193 e. The Balaban J connectivity index is 1.81. The minimum Gasteiger partial charge on any atom is -0.297 e. The number of fused-ring (bicyclic) bond motifs is 1. The zero-order valence-corrected chi connectivity index (χ0v) is 11.4. The molecule has 0 amide bonds. The van der Waals surface area contributed by atoms with Crippen molar-refractivity contribution < 1.29 is 0 Å². The van der Waals surface area contributed by atoms with Crippen molar-refractivity contribution in [2.75, 3.05) is 0 Å². The molecule has 2 heterocycles. The molecule has 3 nitrogen and oxygen atoms in total. The second kappa shape index (κ2) is 4.40. The van der Waals surface area contributed by atoms with Gasteiger partial charge in [-0.1, -0.05) is 6.92 Å². The van der Waals surface area contributed by atoms with Gasteiger partial charge in [0.05, 0.1) is 17.2 Å². The summed E-state index contributed by atoms with van der Waals surface area (Å²) in [6.07, 6.45) is 9.31. The number of nitrogens with zero attached hydrogens (tertiary/aromatic N) is 3. The van der Waals surface area contributed by atoms with E-state index in [-0.39, 0.29) is 5.41 Å². The number of nitriles is 1. The molecule has 0 aliphatic heterocycles. The summed E-state index contributed by atoms with van der Waals surface area (Å²) in [5, 5.41) is 11.6. The van der Waals surface area contributed by atoms with E-state index in [1.807, 2.05) is 11.6 Å². The Morgan fingerprint density at radius 1 is 1.56 bits per heavy atom. The summed E-state index contributed by atoms with van der Waals surface area (Å²) in [6, 6.07) is 2.58. The van der Waals surface area contributed by atoms with Crippen LogP contribution in [0, 0.1) is 22.7 Å². The molecule has 1 saturated carbocycles. The van der Waals surface area contributed by atoms with E-state index in [9.17, 15) is 5.26 Å². The fraction of sp³-hybridized carbons (Fsp3) is 0.571. The SMILES string of the molecule is CC1CCC(C#N)(Cc2cn3ccsc3n2)CC1. The summed E-state index contributed by atoms with van der Waals surface area (Å²) in [6.45, 7) is 2.29. The molecule has 0 bridgehead atoms. The summed E-state index contributed by atoms with van der Waals surface area (Å²) in [4.78, 5) is 5.64. The Morgan fingerprint density at radius 3 is 3.00 bits per heavy atom. The molecule has 2 aromatic heterocycles. The lowest BCUT2D eigenvalue weighted by atomic mass is 9.69.